The average molecular weight is 314 g/mol. The van der Waals surface area contributed by atoms with E-state index in [1.807, 2.05) is 0 Å². The highest BCUT2D eigenvalue weighted by molar-refractivity contribution is 9.09. The van der Waals surface area contributed by atoms with Gasteiger partial charge in [-0.3, -0.25) is 0 Å². The van der Waals surface area contributed by atoms with Crippen LogP contribution in [0.3, 0.4) is 0 Å². The van der Waals surface area contributed by atoms with Gasteiger partial charge in [0.15, 0.2) is 0 Å². The highest BCUT2D eigenvalue weighted by Gasteiger charge is 1.91. The third-order valence-electron chi connectivity index (χ3n) is 1.89. The molecule has 0 aromatic rings. The minimum absolute atomic E-state index is 0.518. The van der Waals surface area contributed by atoms with Crippen molar-refractivity contribution in [3.63, 3.8) is 0 Å². The third kappa shape index (κ3) is 16.2. The predicted molar refractivity (Wildman–Crippen MR) is 71.3 cm³/mol. The van der Waals surface area contributed by atoms with Gasteiger partial charge in [-0.2, -0.15) is 0 Å². The number of nitrogens with one attached hydrogen (secondary N) is 2. The first kappa shape index (κ1) is 17.2. The number of nitrogens with two attached hydrogens (primary N) is 1. The quantitative estimate of drug-likeness (QED) is 0.228. The van der Waals surface area contributed by atoms with Crippen molar-refractivity contribution >= 4 is 15.9 Å². The first-order valence-electron chi connectivity index (χ1n) is 5.86. The van der Waals surface area contributed by atoms with Gasteiger partial charge in [0, 0.05) is 31.5 Å². The Balaban J connectivity index is 2.85. The fraction of sp³-hybridized carbons (Fsp3) is 1.00. The van der Waals surface area contributed by atoms with Crippen molar-refractivity contribution < 1.29 is 14.3 Å². The first-order chi connectivity index (χ1) is 8.41. The molecular weight excluding hydrogens is 290 g/mol. The first-order valence-corrected chi connectivity index (χ1v) is 6.98. The van der Waals surface area contributed by atoms with Crippen LogP contribution in [0.4, 0.5) is 0 Å². The molecule has 6 nitrogen and oxygen atoms in total. The lowest BCUT2D eigenvalue weighted by Crippen LogP contribution is -2.25. The van der Waals surface area contributed by atoms with Crippen LogP contribution in [0.15, 0.2) is 0 Å². The van der Waals surface area contributed by atoms with E-state index in [1.54, 1.807) is 0 Å². The van der Waals surface area contributed by atoms with Crippen molar-refractivity contribution in [2.24, 2.45) is 5.90 Å². The molecule has 17 heavy (non-hydrogen) atoms. The third-order valence-corrected chi connectivity index (χ3v) is 2.28. The second-order valence-corrected chi connectivity index (χ2v) is 4.08. The molecule has 0 unspecified atom stereocenters. The molecule has 0 bridgehead atoms. The predicted octanol–water partition coefficient (Wildman–Crippen LogP) is -0.516. The molecule has 0 fully saturated rings. The number of halogens is 1. The molecule has 0 saturated heterocycles. The average Bonchev–Trinajstić information content (AvgIpc) is 2.35. The van der Waals surface area contributed by atoms with E-state index in [2.05, 4.69) is 31.4 Å². The zero-order valence-corrected chi connectivity index (χ0v) is 11.8. The van der Waals surface area contributed by atoms with Crippen LogP contribution in [-0.2, 0) is 14.3 Å². The molecule has 0 saturated carbocycles. The van der Waals surface area contributed by atoms with Gasteiger partial charge >= 0.3 is 0 Å². The Kier molecular flexibility index (Phi) is 16.5. The molecule has 0 atom stereocenters. The molecule has 4 N–H and O–H groups in total. The van der Waals surface area contributed by atoms with Gasteiger partial charge in [-0.25, -0.2) is 5.90 Å². The summed E-state index contributed by atoms with van der Waals surface area (Å²) in [6.45, 7) is 6.59. The Labute approximate surface area is 112 Å². The fourth-order valence-corrected chi connectivity index (χ4v) is 1.34. The molecule has 0 heterocycles. The van der Waals surface area contributed by atoms with Crippen molar-refractivity contribution in [1.29, 1.82) is 0 Å². The molecule has 0 radical (unpaired) electrons. The van der Waals surface area contributed by atoms with E-state index >= 15 is 0 Å². The minimum Gasteiger partial charge on any atom is -0.378 e. The summed E-state index contributed by atoms with van der Waals surface area (Å²) in [5.41, 5.74) is 0. The van der Waals surface area contributed by atoms with Crippen LogP contribution in [-0.4, -0.2) is 64.5 Å². The van der Waals surface area contributed by atoms with E-state index in [0.717, 1.165) is 38.1 Å². The zero-order chi connectivity index (χ0) is 12.6. The van der Waals surface area contributed by atoms with Crippen LogP contribution in [0.1, 0.15) is 0 Å². The van der Waals surface area contributed by atoms with Crippen molar-refractivity contribution in [1.82, 2.24) is 10.6 Å². The summed E-state index contributed by atoms with van der Waals surface area (Å²) in [5.74, 6) is 4.87. The van der Waals surface area contributed by atoms with Gasteiger partial charge in [-0.05, 0) is 0 Å². The van der Waals surface area contributed by atoms with Crippen LogP contribution < -0.4 is 16.5 Å². The maximum absolute atomic E-state index is 5.37. The van der Waals surface area contributed by atoms with Gasteiger partial charge in [-0.1, -0.05) is 15.9 Å². The van der Waals surface area contributed by atoms with Crippen LogP contribution >= 0.6 is 15.9 Å². The molecule has 0 aromatic carbocycles. The smallest absolute Gasteiger partial charge is 0.0803 e. The van der Waals surface area contributed by atoms with Crippen LogP contribution in [0, 0.1) is 0 Å². The van der Waals surface area contributed by atoms with Crippen LogP contribution in [0.25, 0.3) is 0 Å². The highest BCUT2D eigenvalue weighted by Crippen LogP contribution is 1.79. The summed E-state index contributed by atoms with van der Waals surface area (Å²) in [5, 5.41) is 7.32. The van der Waals surface area contributed by atoms with Crippen molar-refractivity contribution in [3.05, 3.63) is 0 Å². The van der Waals surface area contributed by atoms with E-state index in [1.165, 1.54) is 0 Å². The Morgan fingerprint density at radius 1 is 0.765 bits per heavy atom. The molecule has 7 heteroatoms. The zero-order valence-electron chi connectivity index (χ0n) is 10.3. The molecule has 104 valence electrons. The molecule has 0 aliphatic rings. The van der Waals surface area contributed by atoms with E-state index in [9.17, 15) is 0 Å². The fourth-order valence-electron chi connectivity index (χ4n) is 1.06. The van der Waals surface area contributed by atoms with Crippen molar-refractivity contribution in [2.45, 2.75) is 0 Å². The van der Waals surface area contributed by atoms with Gasteiger partial charge in [0.05, 0.1) is 33.0 Å². The normalized spacial score (nSPS) is 10.9. The molecule has 0 aliphatic carbocycles. The molecule has 0 amide bonds. The maximum atomic E-state index is 5.37. The topological polar surface area (TPSA) is 77.8 Å². The van der Waals surface area contributed by atoms with Crippen LogP contribution in [0.5, 0.6) is 0 Å². The Hall–Kier alpha value is 0.240. The Bertz CT molecular complexity index is 130. The Morgan fingerprint density at radius 3 is 1.82 bits per heavy atom. The SMILES string of the molecule is NOCCNCCOCCOCCNCCBr. The van der Waals surface area contributed by atoms with Crippen molar-refractivity contribution in [2.75, 3.05) is 64.5 Å². The molecule has 0 spiro atoms. The number of hydrogen-bond acceptors (Lipinski definition) is 6. The molecule has 0 aliphatic heterocycles. The van der Waals surface area contributed by atoms with Gasteiger partial charge in [-0.15, -0.1) is 0 Å². The molecule has 0 rings (SSSR count). The summed E-state index contributed by atoms with van der Waals surface area (Å²) in [6, 6.07) is 0. The number of rotatable bonds is 14. The lowest BCUT2D eigenvalue weighted by molar-refractivity contribution is 0.0493. The second-order valence-electron chi connectivity index (χ2n) is 3.28. The minimum atomic E-state index is 0.518. The van der Waals surface area contributed by atoms with Gasteiger partial charge in [0.25, 0.3) is 0 Å². The van der Waals surface area contributed by atoms with Crippen molar-refractivity contribution in [3.8, 4) is 0 Å². The number of ether oxygens (including phenoxy) is 2. The molecular formula is C10H24BrN3O3. The standard InChI is InChI=1S/C10H24BrN3O3/c11-1-2-13-3-6-15-9-10-16-7-4-14-5-8-17-12/h13-14H,1-10,12H2. The lowest BCUT2D eigenvalue weighted by Gasteiger charge is -2.07. The number of alkyl halides is 1. The maximum Gasteiger partial charge on any atom is 0.0803 e. The highest BCUT2D eigenvalue weighted by atomic mass is 79.9. The van der Waals surface area contributed by atoms with Gasteiger partial charge < -0.3 is 24.9 Å². The summed E-state index contributed by atoms with van der Waals surface area (Å²) in [7, 11) is 0. The van der Waals surface area contributed by atoms with Crippen LogP contribution in [0.2, 0.25) is 0 Å². The number of hydrogen-bond donors (Lipinski definition) is 3. The summed E-state index contributed by atoms with van der Waals surface area (Å²) < 4.78 is 10.7. The van der Waals surface area contributed by atoms with Gasteiger partial charge in [0.2, 0.25) is 0 Å². The largest absolute Gasteiger partial charge is 0.378 e. The van der Waals surface area contributed by atoms with Gasteiger partial charge in [0.1, 0.15) is 0 Å². The molecule has 0 aromatic heterocycles. The Morgan fingerprint density at radius 2 is 1.29 bits per heavy atom. The lowest BCUT2D eigenvalue weighted by atomic mass is 10.6. The van der Waals surface area contributed by atoms with E-state index in [-0.39, 0.29) is 0 Å². The monoisotopic (exact) mass is 313 g/mol. The van der Waals surface area contributed by atoms with E-state index < -0.39 is 0 Å². The van der Waals surface area contributed by atoms with E-state index in [0.29, 0.717) is 26.4 Å². The van der Waals surface area contributed by atoms with E-state index in [4.69, 9.17) is 15.4 Å². The summed E-state index contributed by atoms with van der Waals surface area (Å²) >= 11 is 3.34. The summed E-state index contributed by atoms with van der Waals surface area (Å²) in [6.07, 6.45) is 0. The summed E-state index contributed by atoms with van der Waals surface area (Å²) in [4.78, 5) is 4.41. The second kappa shape index (κ2) is 16.2.